The lowest BCUT2D eigenvalue weighted by atomic mass is 9.97. The number of halogens is 3. The molecule has 0 fully saturated rings. The van der Waals surface area contributed by atoms with Gasteiger partial charge in [-0.3, -0.25) is 9.59 Å². The maximum absolute atomic E-state index is 13.1. The van der Waals surface area contributed by atoms with Crippen LogP contribution < -0.4 is 11.1 Å². The minimum atomic E-state index is -4.65. The van der Waals surface area contributed by atoms with Crippen molar-refractivity contribution >= 4 is 17.4 Å². The predicted molar refractivity (Wildman–Crippen MR) is 79.0 cm³/mol. The molecular weight excluding hydrogens is 309 g/mol. The average Bonchev–Trinajstić information content (AvgIpc) is 2.54. The first-order valence-electron chi connectivity index (χ1n) is 6.64. The summed E-state index contributed by atoms with van der Waals surface area (Å²) in [4.78, 5) is 23.9. The van der Waals surface area contributed by atoms with E-state index in [1.165, 1.54) is 30.3 Å². The molecule has 7 heteroatoms. The fraction of sp³-hybridized carbons (Fsp3) is 0.125. The summed E-state index contributed by atoms with van der Waals surface area (Å²) in [6.07, 6.45) is -4.65. The number of alkyl halides is 3. The summed E-state index contributed by atoms with van der Waals surface area (Å²) in [6.45, 7) is -0.304. The molecule has 0 heterocycles. The van der Waals surface area contributed by atoms with Crippen LogP contribution in [0.25, 0.3) is 0 Å². The van der Waals surface area contributed by atoms with Crippen LogP contribution in [0.2, 0.25) is 0 Å². The minimum Gasteiger partial charge on any atom is -0.324 e. The number of nitrogens with one attached hydrogen (secondary N) is 1. The summed E-state index contributed by atoms with van der Waals surface area (Å²) in [7, 11) is 0. The lowest BCUT2D eigenvalue weighted by Gasteiger charge is -2.14. The molecule has 2 aromatic rings. The second-order valence-electron chi connectivity index (χ2n) is 4.67. The maximum Gasteiger partial charge on any atom is 0.417 e. The third-order valence-corrected chi connectivity index (χ3v) is 3.11. The van der Waals surface area contributed by atoms with Crippen molar-refractivity contribution in [2.45, 2.75) is 6.18 Å². The lowest BCUT2D eigenvalue weighted by Crippen LogP contribution is -2.23. The Kier molecular flexibility index (Phi) is 4.80. The smallest absolute Gasteiger partial charge is 0.324 e. The number of ketones is 1. The Hall–Kier alpha value is -2.67. The number of amides is 1. The van der Waals surface area contributed by atoms with Crippen LogP contribution in [0.3, 0.4) is 0 Å². The highest BCUT2D eigenvalue weighted by molar-refractivity contribution is 6.14. The van der Waals surface area contributed by atoms with Gasteiger partial charge >= 0.3 is 6.18 Å². The summed E-state index contributed by atoms with van der Waals surface area (Å²) in [5.41, 5.74) is 3.77. The van der Waals surface area contributed by atoms with Crippen molar-refractivity contribution < 1.29 is 22.8 Å². The Labute approximate surface area is 130 Å². The van der Waals surface area contributed by atoms with E-state index in [1.54, 1.807) is 6.07 Å². The van der Waals surface area contributed by atoms with Crippen LogP contribution >= 0.6 is 0 Å². The first-order chi connectivity index (χ1) is 10.8. The molecule has 3 N–H and O–H groups in total. The first kappa shape index (κ1) is 16.7. The molecule has 0 aliphatic heterocycles. The lowest BCUT2D eigenvalue weighted by molar-refractivity contribution is -0.137. The predicted octanol–water partition coefficient (Wildman–Crippen LogP) is 2.83. The highest BCUT2D eigenvalue weighted by Gasteiger charge is 2.35. The monoisotopic (exact) mass is 322 g/mol. The van der Waals surface area contributed by atoms with Gasteiger partial charge in [-0.1, -0.05) is 30.3 Å². The van der Waals surface area contributed by atoms with Crippen LogP contribution in [0.4, 0.5) is 18.9 Å². The Morgan fingerprint density at radius 2 is 1.52 bits per heavy atom. The van der Waals surface area contributed by atoms with E-state index in [0.29, 0.717) is 0 Å². The van der Waals surface area contributed by atoms with E-state index in [0.717, 1.165) is 12.1 Å². The SMILES string of the molecule is NCC(=O)Nc1ccccc1C(=O)c1ccccc1C(F)(F)F. The molecule has 0 radical (unpaired) electrons. The average molecular weight is 322 g/mol. The number of carbonyl (C=O) groups is 2. The summed E-state index contributed by atoms with van der Waals surface area (Å²) in [5, 5.41) is 2.40. The molecule has 2 aromatic carbocycles. The fourth-order valence-electron chi connectivity index (χ4n) is 2.06. The number of nitrogens with two attached hydrogens (primary N) is 1. The van der Waals surface area contributed by atoms with Crippen LogP contribution in [-0.4, -0.2) is 18.2 Å². The van der Waals surface area contributed by atoms with Crippen molar-refractivity contribution in [3.05, 3.63) is 65.2 Å². The van der Waals surface area contributed by atoms with Gasteiger partial charge in [-0.05, 0) is 18.2 Å². The summed E-state index contributed by atoms with van der Waals surface area (Å²) >= 11 is 0. The molecule has 4 nitrogen and oxygen atoms in total. The van der Waals surface area contributed by atoms with E-state index in [-0.39, 0.29) is 17.8 Å². The molecular formula is C16H13F3N2O2. The Morgan fingerprint density at radius 3 is 2.13 bits per heavy atom. The molecule has 0 spiro atoms. The van der Waals surface area contributed by atoms with Gasteiger partial charge in [0.15, 0.2) is 5.78 Å². The molecule has 0 aliphatic carbocycles. The number of hydrogen-bond acceptors (Lipinski definition) is 3. The van der Waals surface area contributed by atoms with Crippen LogP contribution in [0, 0.1) is 0 Å². The van der Waals surface area contributed by atoms with Gasteiger partial charge in [0.05, 0.1) is 17.8 Å². The van der Waals surface area contributed by atoms with E-state index in [4.69, 9.17) is 5.73 Å². The van der Waals surface area contributed by atoms with Gasteiger partial charge in [-0.15, -0.1) is 0 Å². The molecule has 23 heavy (non-hydrogen) atoms. The van der Waals surface area contributed by atoms with Crippen molar-refractivity contribution in [1.29, 1.82) is 0 Å². The second-order valence-corrected chi connectivity index (χ2v) is 4.67. The molecule has 0 aromatic heterocycles. The van der Waals surface area contributed by atoms with Crippen LogP contribution in [0.5, 0.6) is 0 Å². The first-order valence-corrected chi connectivity index (χ1v) is 6.64. The highest BCUT2D eigenvalue weighted by Crippen LogP contribution is 2.33. The Bertz CT molecular complexity index is 742. The largest absolute Gasteiger partial charge is 0.417 e. The highest BCUT2D eigenvalue weighted by atomic mass is 19.4. The minimum absolute atomic E-state index is 0.0361. The quantitative estimate of drug-likeness (QED) is 0.850. The van der Waals surface area contributed by atoms with Gasteiger partial charge < -0.3 is 11.1 Å². The van der Waals surface area contributed by atoms with Crippen molar-refractivity contribution in [1.82, 2.24) is 0 Å². The van der Waals surface area contributed by atoms with E-state index < -0.39 is 29.0 Å². The van der Waals surface area contributed by atoms with Gasteiger partial charge in [-0.2, -0.15) is 13.2 Å². The molecule has 1 amide bonds. The molecule has 2 rings (SSSR count). The van der Waals surface area contributed by atoms with Crippen molar-refractivity contribution in [3.8, 4) is 0 Å². The van der Waals surface area contributed by atoms with Crippen molar-refractivity contribution in [2.24, 2.45) is 5.73 Å². The molecule has 0 aliphatic rings. The van der Waals surface area contributed by atoms with Gasteiger partial charge in [-0.25, -0.2) is 0 Å². The number of benzene rings is 2. The van der Waals surface area contributed by atoms with Gasteiger partial charge in [0, 0.05) is 11.1 Å². The molecule has 0 saturated heterocycles. The molecule has 0 bridgehead atoms. The zero-order valence-electron chi connectivity index (χ0n) is 11.9. The topological polar surface area (TPSA) is 72.2 Å². The summed E-state index contributed by atoms with van der Waals surface area (Å²) in [5.74, 6) is -1.37. The zero-order valence-corrected chi connectivity index (χ0v) is 11.9. The Balaban J connectivity index is 2.49. The number of carbonyl (C=O) groups excluding carboxylic acids is 2. The van der Waals surface area contributed by atoms with Crippen LogP contribution in [-0.2, 0) is 11.0 Å². The Morgan fingerprint density at radius 1 is 0.957 bits per heavy atom. The van der Waals surface area contributed by atoms with E-state index >= 15 is 0 Å². The number of rotatable bonds is 4. The van der Waals surface area contributed by atoms with Gasteiger partial charge in [0.1, 0.15) is 0 Å². The number of anilines is 1. The van der Waals surface area contributed by atoms with Gasteiger partial charge in [0.2, 0.25) is 5.91 Å². The summed E-state index contributed by atoms with van der Waals surface area (Å²) in [6, 6.07) is 10.3. The number of para-hydroxylation sites is 1. The molecule has 0 atom stereocenters. The van der Waals surface area contributed by atoms with Crippen LogP contribution in [0.1, 0.15) is 21.5 Å². The third-order valence-electron chi connectivity index (χ3n) is 3.11. The van der Waals surface area contributed by atoms with Crippen LogP contribution in [0.15, 0.2) is 48.5 Å². The molecule has 120 valence electrons. The molecule has 0 saturated carbocycles. The van der Waals surface area contributed by atoms with E-state index in [1.807, 2.05) is 0 Å². The normalized spacial score (nSPS) is 11.1. The number of hydrogen-bond donors (Lipinski definition) is 2. The van der Waals surface area contributed by atoms with Gasteiger partial charge in [0.25, 0.3) is 0 Å². The maximum atomic E-state index is 13.1. The van der Waals surface area contributed by atoms with Crippen molar-refractivity contribution in [3.63, 3.8) is 0 Å². The zero-order chi connectivity index (χ0) is 17.0. The standard InChI is InChI=1S/C16H13F3N2O2/c17-16(18,19)12-7-3-1-5-10(12)15(23)11-6-2-4-8-13(11)21-14(22)9-20/h1-8H,9,20H2,(H,21,22). The van der Waals surface area contributed by atoms with E-state index in [2.05, 4.69) is 5.32 Å². The van der Waals surface area contributed by atoms with Crippen molar-refractivity contribution in [2.75, 3.05) is 11.9 Å². The third kappa shape index (κ3) is 3.75. The summed E-state index contributed by atoms with van der Waals surface area (Å²) < 4.78 is 39.2. The second kappa shape index (κ2) is 6.62. The van der Waals surface area contributed by atoms with E-state index in [9.17, 15) is 22.8 Å². The fourth-order valence-corrected chi connectivity index (χ4v) is 2.06. The molecule has 0 unspecified atom stereocenters.